The fourth-order valence-electron chi connectivity index (χ4n) is 8.65. The summed E-state index contributed by atoms with van der Waals surface area (Å²) in [6, 6.07) is 0. The third kappa shape index (κ3) is 2.21. The summed E-state index contributed by atoms with van der Waals surface area (Å²) in [6.45, 7) is 4.74. The summed E-state index contributed by atoms with van der Waals surface area (Å²) < 4.78 is 0. The minimum Gasteiger partial charge on any atom is -0.389 e. The minimum atomic E-state index is -0.294. The van der Waals surface area contributed by atoms with Gasteiger partial charge in [-0.1, -0.05) is 29.8 Å². The van der Waals surface area contributed by atoms with Crippen molar-refractivity contribution in [2.75, 3.05) is 5.33 Å². The van der Waals surface area contributed by atoms with Crippen LogP contribution in [0.4, 0.5) is 0 Å². The van der Waals surface area contributed by atoms with Crippen molar-refractivity contribution < 1.29 is 9.90 Å². The highest BCUT2D eigenvalue weighted by molar-refractivity contribution is 9.09. The molecule has 3 heteroatoms. The average Bonchev–Trinajstić information content (AvgIpc) is 3.18. The molecule has 0 aromatic carbocycles. The number of carbonyl (C=O) groups is 1. The second kappa shape index (κ2) is 5.56. The highest BCUT2D eigenvalue weighted by atomic mass is 79.9. The van der Waals surface area contributed by atoms with Gasteiger partial charge in [-0.2, -0.15) is 0 Å². The molecule has 140 valence electrons. The van der Waals surface area contributed by atoms with Crippen LogP contribution in [0.15, 0.2) is 0 Å². The smallest absolute Gasteiger partial charge is 0.147 e. The Labute approximate surface area is 160 Å². The van der Waals surface area contributed by atoms with Crippen molar-refractivity contribution in [1.29, 1.82) is 0 Å². The lowest BCUT2D eigenvalue weighted by molar-refractivity contribution is -0.129. The Balaban J connectivity index is 1.40. The van der Waals surface area contributed by atoms with Gasteiger partial charge in [-0.3, -0.25) is 4.79 Å². The topological polar surface area (TPSA) is 37.3 Å². The first-order chi connectivity index (χ1) is 11.9. The molecule has 1 N–H and O–H groups in total. The number of halogens is 1. The van der Waals surface area contributed by atoms with E-state index in [9.17, 15) is 9.90 Å². The minimum absolute atomic E-state index is 0.263. The molecule has 0 spiro atoms. The van der Waals surface area contributed by atoms with Crippen molar-refractivity contribution in [3.8, 4) is 0 Å². The Kier molecular flexibility index (Phi) is 3.83. The summed E-state index contributed by atoms with van der Waals surface area (Å²) in [7, 11) is 0. The van der Waals surface area contributed by atoms with Gasteiger partial charge in [-0.25, -0.2) is 0 Å². The van der Waals surface area contributed by atoms with Crippen molar-refractivity contribution in [2.24, 2.45) is 52.8 Å². The Morgan fingerprint density at radius 1 is 1.04 bits per heavy atom. The first-order valence-electron chi connectivity index (χ1n) is 10.7. The van der Waals surface area contributed by atoms with Crippen molar-refractivity contribution in [1.82, 2.24) is 0 Å². The molecule has 0 aliphatic heterocycles. The molecule has 25 heavy (non-hydrogen) atoms. The molecule has 5 aliphatic rings. The number of alkyl halides is 1. The lowest BCUT2D eigenvalue weighted by atomic mass is 9.49. The van der Waals surface area contributed by atoms with E-state index in [1.54, 1.807) is 0 Å². The van der Waals surface area contributed by atoms with E-state index in [2.05, 4.69) is 29.8 Å². The second-order valence-electron chi connectivity index (χ2n) is 10.6. The first kappa shape index (κ1) is 17.2. The van der Waals surface area contributed by atoms with Gasteiger partial charge in [0.2, 0.25) is 0 Å². The van der Waals surface area contributed by atoms with Crippen LogP contribution in [0.1, 0.15) is 65.2 Å². The molecule has 5 rings (SSSR count). The van der Waals surface area contributed by atoms with Gasteiger partial charge in [0, 0.05) is 5.92 Å². The predicted octanol–water partition coefficient (Wildman–Crippen LogP) is 4.83. The number of aliphatic hydroxyl groups is 1. The molecule has 0 saturated heterocycles. The van der Waals surface area contributed by atoms with Gasteiger partial charge < -0.3 is 5.11 Å². The van der Waals surface area contributed by atoms with Gasteiger partial charge in [-0.15, -0.1) is 0 Å². The monoisotopic (exact) mass is 408 g/mol. The number of hydrogen-bond donors (Lipinski definition) is 1. The molecule has 0 heterocycles. The normalized spacial score (nSPS) is 59.4. The third-order valence-corrected chi connectivity index (χ3v) is 10.5. The summed E-state index contributed by atoms with van der Waals surface area (Å²) in [6.07, 6.45) is 10.0. The number of rotatable bonds is 2. The molecule has 0 bridgehead atoms. The number of carbonyl (C=O) groups excluding carboxylic acids is 1. The van der Waals surface area contributed by atoms with Gasteiger partial charge in [0.25, 0.3) is 0 Å². The van der Waals surface area contributed by atoms with Gasteiger partial charge in [0.15, 0.2) is 0 Å². The van der Waals surface area contributed by atoms with Crippen LogP contribution < -0.4 is 0 Å². The van der Waals surface area contributed by atoms with Gasteiger partial charge >= 0.3 is 0 Å². The molecule has 1 unspecified atom stereocenters. The van der Waals surface area contributed by atoms with Crippen LogP contribution in [0.2, 0.25) is 0 Å². The van der Waals surface area contributed by atoms with E-state index in [0.717, 1.165) is 42.4 Å². The van der Waals surface area contributed by atoms with Crippen LogP contribution >= 0.6 is 15.9 Å². The van der Waals surface area contributed by atoms with Crippen molar-refractivity contribution in [2.45, 2.75) is 70.8 Å². The highest BCUT2D eigenvalue weighted by Crippen LogP contribution is 2.69. The van der Waals surface area contributed by atoms with E-state index < -0.39 is 0 Å². The number of ketones is 1. The first-order valence-corrected chi connectivity index (χ1v) is 11.8. The third-order valence-electron chi connectivity index (χ3n) is 9.97. The van der Waals surface area contributed by atoms with Crippen LogP contribution in [0.25, 0.3) is 0 Å². The van der Waals surface area contributed by atoms with Crippen LogP contribution in [0, 0.1) is 52.8 Å². The molecule has 5 saturated carbocycles. The highest BCUT2D eigenvalue weighted by Gasteiger charge is 2.67. The van der Waals surface area contributed by atoms with E-state index in [-0.39, 0.29) is 11.0 Å². The molecule has 0 radical (unpaired) electrons. The SMILES string of the molecule is C[C@H]1C[C@@H]2[C@H]3CC[C@]4(C)[C@@H](C(=O)CBr)CC[C@H]4[C@@H]3CC[C@H]2C2C[C@]21O. The summed E-state index contributed by atoms with van der Waals surface area (Å²) in [5, 5.41) is 11.4. The fourth-order valence-corrected chi connectivity index (χ4v) is 9.04. The lowest BCUT2D eigenvalue weighted by Crippen LogP contribution is -2.51. The van der Waals surface area contributed by atoms with Crippen molar-refractivity contribution in [3.05, 3.63) is 0 Å². The fraction of sp³-hybridized carbons (Fsp3) is 0.955. The quantitative estimate of drug-likeness (QED) is 0.664. The maximum absolute atomic E-state index is 12.5. The molecular formula is C22H33BrO2. The zero-order valence-corrected chi connectivity index (χ0v) is 17.3. The Bertz CT molecular complexity index is 591. The van der Waals surface area contributed by atoms with E-state index in [4.69, 9.17) is 0 Å². The van der Waals surface area contributed by atoms with Crippen LogP contribution in [0.3, 0.4) is 0 Å². The molecule has 0 aromatic rings. The Morgan fingerprint density at radius 3 is 2.48 bits per heavy atom. The zero-order chi connectivity index (χ0) is 17.6. The maximum Gasteiger partial charge on any atom is 0.147 e. The summed E-state index contributed by atoms with van der Waals surface area (Å²) in [4.78, 5) is 12.5. The van der Waals surface area contributed by atoms with Crippen molar-refractivity contribution >= 4 is 21.7 Å². The van der Waals surface area contributed by atoms with E-state index in [0.29, 0.717) is 28.9 Å². The lowest BCUT2D eigenvalue weighted by Gasteiger charge is -2.56. The molecular weight excluding hydrogens is 376 g/mol. The van der Waals surface area contributed by atoms with Gasteiger partial charge in [-0.05, 0) is 98.2 Å². The van der Waals surface area contributed by atoms with E-state index >= 15 is 0 Å². The molecule has 2 nitrogen and oxygen atoms in total. The maximum atomic E-state index is 12.5. The van der Waals surface area contributed by atoms with Crippen LogP contribution in [-0.4, -0.2) is 21.8 Å². The predicted molar refractivity (Wildman–Crippen MR) is 102 cm³/mol. The molecule has 0 amide bonds. The largest absolute Gasteiger partial charge is 0.389 e. The van der Waals surface area contributed by atoms with Crippen LogP contribution in [-0.2, 0) is 4.79 Å². The zero-order valence-electron chi connectivity index (χ0n) is 15.7. The van der Waals surface area contributed by atoms with E-state index in [1.807, 2.05) is 0 Å². The Hall–Kier alpha value is 0.110. The molecule has 5 fully saturated rings. The van der Waals surface area contributed by atoms with E-state index in [1.165, 1.54) is 38.5 Å². The van der Waals surface area contributed by atoms with Crippen LogP contribution in [0.5, 0.6) is 0 Å². The Morgan fingerprint density at radius 2 is 1.76 bits per heavy atom. The molecule has 10 atom stereocenters. The molecule has 5 aliphatic carbocycles. The van der Waals surface area contributed by atoms with Crippen molar-refractivity contribution in [3.63, 3.8) is 0 Å². The summed E-state index contributed by atoms with van der Waals surface area (Å²) in [5.74, 6) is 6.02. The summed E-state index contributed by atoms with van der Waals surface area (Å²) >= 11 is 3.43. The molecule has 0 aromatic heterocycles. The summed E-state index contributed by atoms with van der Waals surface area (Å²) in [5.41, 5.74) is -0.0304. The number of Topliss-reactive ketones (excluding diaryl/α,β-unsaturated/α-hetero) is 1. The number of hydrogen-bond acceptors (Lipinski definition) is 2. The average molecular weight is 409 g/mol. The second-order valence-corrected chi connectivity index (χ2v) is 11.1. The number of fused-ring (bicyclic) bond motifs is 7. The standard InChI is InChI=1S/C22H33BrO2/c1-12-9-16-13-7-8-21(2)17(5-6-18(21)20(24)11-23)14(13)3-4-15(16)19-10-22(12,19)25/h12-19,25H,3-11H2,1-2H3/t12-,13-,14+,15+,16+,17-,18+,19?,21-,22+/m0/s1. The van der Waals surface area contributed by atoms with Gasteiger partial charge in [0.1, 0.15) is 5.78 Å². The van der Waals surface area contributed by atoms with Gasteiger partial charge in [0.05, 0.1) is 10.9 Å².